The third-order valence-corrected chi connectivity index (χ3v) is 2.51. The van der Waals surface area contributed by atoms with Gasteiger partial charge in [-0.15, -0.1) is 0 Å². The molecule has 0 bridgehead atoms. The summed E-state index contributed by atoms with van der Waals surface area (Å²) in [5.74, 6) is -1.45. The zero-order valence-electron chi connectivity index (χ0n) is 11.2. The van der Waals surface area contributed by atoms with Crippen molar-refractivity contribution in [1.82, 2.24) is 15.1 Å². The second-order valence-electron chi connectivity index (χ2n) is 4.10. The van der Waals surface area contributed by atoms with Crippen LogP contribution in [0.4, 0.5) is 0 Å². The summed E-state index contributed by atoms with van der Waals surface area (Å²) in [4.78, 5) is 24.3. The molecule has 0 saturated carbocycles. The molecule has 1 amide bonds. The van der Waals surface area contributed by atoms with E-state index in [1.165, 1.54) is 12.0 Å². The van der Waals surface area contributed by atoms with Gasteiger partial charge in [0.2, 0.25) is 0 Å². The summed E-state index contributed by atoms with van der Waals surface area (Å²) >= 11 is 0. The lowest BCUT2D eigenvalue weighted by Gasteiger charge is -2.20. The Morgan fingerprint density at radius 2 is 2.05 bits per heavy atom. The van der Waals surface area contributed by atoms with E-state index in [1.807, 2.05) is 0 Å². The van der Waals surface area contributed by atoms with Crippen LogP contribution in [0.3, 0.4) is 0 Å². The number of amides is 1. The van der Waals surface area contributed by atoms with Crippen molar-refractivity contribution < 1.29 is 19.4 Å². The second kappa shape index (κ2) is 6.79. The highest BCUT2D eigenvalue weighted by Crippen LogP contribution is 2.09. The molecule has 0 spiro atoms. The van der Waals surface area contributed by atoms with E-state index in [9.17, 15) is 9.59 Å². The number of carbonyl (C=O) groups is 2. The van der Waals surface area contributed by atoms with Crippen LogP contribution in [0.2, 0.25) is 0 Å². The van der Waals surface area contributed by atoms with Gasteiger partial charge >= 0.3 is 5.97 Å². The molecule has 0 aliphatic heterocycles. The lowest BCUT2D eigenvalue weighted by atomic mass is 10.1. The van der Waals surface area contributed by atoms with E-state index in [4.69, 9.17) is 9.84 Å². The van der Waals surface area contributed by atoms with Gasteiger partial charge in [-0.25, -0.2) is 0 Å². The number of nitrogens with zero attached hydrogens (tertiary/aromatic N) is 3. The summed E-state index contributed by atoms with van der Waals surface area (Å²) in [7, 11) is 1.49. The van der Waals surface area contributed by atoms with Crippen molar-refractivity contribution in [2.45, 2.75) is 13.8 Å². The van der Waals surface area contributed by atoms with Crippen LogP contribution in [0.25, 0.3) is 0 Å². The molecule has 0 fully saturated rings. The third-order valence-electron chi connectivity index (χ3n) is 2.51. The first-order chi connectivity index (χ1) is 8.95. The Labute approximate surface area is 111 Å². The number of methoxy groups -OCH3 is 1. The topological polar surface area (TPSA) is 92.6 Å². The van der Waals surface area contributed by atoms with Crippen molar-refractivity contribution in [3.8, 4) is 0 Å². The van der Waals surface area contributed by atoms with Crippen molar-refractivity contribution in [3.63, 3.8) is 0 Å². The first-order valence-electron chi connectivity index (χ1n) is 5.76. The number of aromatic nitrogens is 2. The van der Waals surface area contributed by atoms with Gasteiger partial charge in [0.25, 0.3) is 5.91 Å². The Morgan fingerprint density at radius 3 is 2.63 bits per heavy atom. The molecule has 104 valence electrons. The summed E-state index contributed by atoms with van der Waals surface area (Å²) in [5, 5.41) is 16.5. The molecule has 1 aromatic rings. The van der Waals surface area contributed by atoms with Crippen molar-refractivity contribution in [2.24, 2.45) is 0 Å². The first kappa shape index (κ1) is 15.0. The zero-order valence-corrected chi connectivity index (χ0v) is 11.2. The Balaban J connectivity index is 2.97. The molecule has 1 heterocycles. The van der Waals surface area contributed by atoms with Gasteiger partial charge < -0.3 is 14.7 Å². The lowest BCUT2D eigenvalue weighted by Crippen LogP contribution is -2.38. The summed E-state index contributed by atoms with van der Waals surface area (Å²) in [6.07, 6.45) is 0. The highest BCUT2D eigenvalue weighted by molar-refractivity contribution is 5.96. The van der Waals surface area contributed by atoms with Gasteiger partial charge in [-0.2, -0.15) is 10.2 Å². The van der Waals surface area contributed by atoms with Gasteiger partial charge in [0.1, 0.15) is 6.54 Å². The minimum absolute atomic E-state index is 0.211. The third kappa shape index (κ3) is 4.29. The molecule has 1 rings (SSSR count). The highest BCUT2D eigenvalue weighted by Gasteiger charge is 2.20. The molecule has 1 N–H and O–H groups in total. The lowest BCUT2D eigenvalue weighted by molar-refractivity contribution is -0.137. The summed E-state index contributed by atoms with van der Waals surface area (Å²) in [5.41, 5.74) is 1.45. The quantitative estimate of drug-likeness (QED) is 0.795. The Hall–Kier alpha value is -2.02. The van der Waals surface area contributed by atoms with Crippen LogP contribution in [0, 0.1) is 13.8 Å². The molecule has 7 nitrogen and oxygen atoms in total. The van der Waals surface area contributed by atoms with E-state index in [0.717, 1.165) is 0 Å². The number of aryl methyl sites for hydroxylation is 2. The Morgan fingerprint density at radius 1 is 1.37 bits per heavy atom. The largest absolute Gasteiger partial charge is 0.480 e. The first-order valence-corrected chi connectivity index (χ1v) is 5.76. The minimum Gasteiger partial charge on any atom is -0.480 e. The number of carboxylic acid groups (broad SMARTS) is 1. The molecule has 0 atom stereocenters. The van der Waals surface area contributed by atoms with Crippen molar-refractivity contribution in [3.05, 3.63) is 23.0 Å². The zero-order chi connectivity index (χ0) is 14.4. The molecule has 0 aliphatic carbocycles. The molecular weight excluding hydrogens is 250 g/mol. The van der Waals surface area contributed by atoms with E-state index in [2.05, 4.69) is 10.2 Å². The molecule has 1 aromatic heterocycles. The summed E-state index contributed by atoms with van der Waals surface area (Å²) < 4.78 is 4.88. The molecule has 0 aromatic carbocycles. The average Bonchev–Trinajstić information content (AvgIpc) is 2.36. The highest BCUT2D eigenvalue weighted by atomic mass is 16.5. The maximum Gasteiger partial charge on any atom is 0.323 e. The van der Waals surface area contributed by atoms with Crippen LogP contribution in [-0.4, -0.2) is 58.9 Å². The van der Waals surface area contributed by atoms with Gasteiger partial charge in [-0.05, 0) is 19.9 Å². The predicted octanol–water partition coefficient (Wildman–Crippen LogP) is 0.267. The Bertz CT molecular complexity index is 476. The average molecular weight is 267 g/mol. The second-order valence-corrected chi connectivity index (χ2v) is 4.10. The molecular formula is C12H17N3O4. The fourth-order valence-electron chi connectivity index (χ4n) is 1.55. The monoisotopic (exact) mass is 267 g/mol. The van der Waals surface area contributed by atoms with E-state index in [-0.39, 0.29) is 25.6 Å². The van der Waals surface area contributed by atoms with Crippen molar-refractivity contribution in [2.75, 3.05) is 26.8 Å². The summed E-state index contributed by atoms with van der Waals surface area (Å²) in [6, 6.07) is 1.60. The molecule has 0 aliphatic rings. The maximum absolute atomic E-state index is 12.3. The van der Waals surface area contributed by atoms with Gasteiger partial charge in [-0.1, -0.05) is 0 Å². The number of hydrogen-bond acceptors (Lipinski definition) is 5. The van der Waals surface area contributed by atoms with Crippen LogP contribution < -0.4 is 0 Å². The van der Waals surface area contributed by atoms with Crippen LogP contribution in [-0.2, 0) is 9.53 Å². The number of ether oxygens (including phenoxy) is 1. The van der Waals surface area contributed by atoms with Gasteiger partial charge in [0.15, 0.2) is 0 Å². The van der Waals surface area contributed by atoms with Crippen LogP contribution in [0.5, 0.6) is 0 Å². The number of carbonyl (C=O) groups excluding carboxylic acids is 1. The molecule has 0 saturated heterocycles. The predicted molar refractivity (Wildman–Crippen MR) is 66.9 cm³/mol. The fourth-order valence-corrected chi connectivity index (χ4v) is 1.55. The fraction of sp³-hybridized carbons (Fsp3) is 0.500. The van der Waals surface area contributed by atoms with Crippen LogP contribution in [0.15, 0.2) is 6.07 Å². The van der Waals surface area contributed by atoms with E-state index < -0.39 is 5.97 Å². The number of aliphatic carboxylic acids is 1. The normalized spacial score (nSPS) is 10.3. The number of rotatable bonds is 6. The molecule has 0 radical (unpaired) electrons. The molecule has 0 unspecified atom stereocenters. The van der Waals surface area contributed by atoms with Crippen LogP contribution in [0.1, 0.15) is 21.7 Å². The van der Waals surface area contributed by atoms with Crippen molar-refractivity contribution in [1.29, 1.82) is 0 Å². The Kier molecular flexibility index (Phi) is 5.37. The van der Waals surface area contributed by atoms with E-state index >= 15 is 0 Å². The van der Waals surface area contributed by atoms with E-state index in [0.29, 0.717) is 17.0 Å². The summed E-state index contributed by atoms with van der Waals surface area (Å²) in [6.45, 7) is 3.50. The number of hydrogen-bond donors (Lipinski definition) is 1. The standard InChI is InChI=1S/C12H17N3O4/c1-8-6-10(9(2)14-13-8)12(18)15(4-5-19-3)7-11(16)17/h6H,4-5,7H2,1-3H3,(H,16,17). The van der Waals surface area contributed by atoms with Gasteiger partial charge in [-0.3, -0.25) is 9.59 Å². The van der Waals surface area contributed by atoms with Crippen LogP contribution >= 0.6 is 0 Å². The van der Waals surface area contributed by atoms with Gasteiger partial charge in [0, 0.05) is 13.7 Å². The van der Waals surface area contributed by atoms with E-state index in [1.54, 1.807) is 19.9 Å². The van der Waals surface area contributed by atoms with Gasteiger partial charge in [0.05, 0.1) is 23.6 Å². The number of carboxylic acids is 1. The van der Waals surface area contributed by atoms with Crippen molar-refractivity contribution >= 4 is 11.9 Å². The molecule has 7 heteroatoms. The maximum atomic E-state index is 12.3. The molecule has 19 heavy (non-hydrogen) atoms. The minimum atomic E-state index is -1.07. The SMILES string of the molecule is COCCN(CC(=O)O)C(=O)c1cc(C)nnc1C. The smallest absolute Gasteiger partial charge is 0.323 e.